The molecule has 2 rings (SSSR count). The number of β-amino-alcohol motifs (C(OH)–C–C–N with tert-alkyl or cyclic N) is 1. The SMILES string of the molecule is NC1C=CC(C(=O)N2CC[C@@H](O)C2)C1. The second-order valence-corrected chi connectivity index (χ2v) is 4.12. The number of hydrogen-bond donors (Lipinski definition) is 2. The zero-order chi connectivity index (χ0) is 10.1. The second-order valence-electron chi connectivity index (χ2n) is 4.12. The van der Waals surface area contributed by atoms with E-state index >= 15 is 0 Å². The van der Waals surface area contributed by atoms with Crippen LogP contribution in [-0.4, -0.2) is 41.1 Å². The van der Waals surface area contributed by atoms with Gasteiger partial charge in [-0.15, -0.1) is 0 Å². The van der Waals surface area contributed by atoms with Gasteiger partial charge in [-0.25, -0.2) is 0 Å². The van der Waals surface area contributed by atoms with Crippen LogP contribution in [0.5, 0.6) is 0 Å². The predicted octanol–water partition coefficient (Wildman–Crippen LogP) is -0.517. The smallest absolute Gasteiger partial charge is 0.229 e. The van der Waals surface area contributed by atoms with Crippen molar-refractivity contribution in [2.24, 2.45) is 11.7 Å². The third kappa shape index (κ3) is 1.81. The third-order valence-electron chi connectivity index (χ3n) is 2.91. The Morgan fingerprint density at radius 1 is 1.50 bits per heavy atom. The summed E-state index contributed by atoms with van der Waals surface area (Å²) in [7, 11) is 0. The van der Waals surface area contributed by atoms with Crippen molar-refractivity contribution in [1.29, 1.82) is 0 Å². The number of carbonyl (C=O) groups is 1. The maximum Gasteiger partial charge on any atom is 0.229 e. The summed E-state index contributed by atoms with van der Waals surface area (Å²) in [5, 5.41) is 9.31. The maximum atomic E-state index is 11.8. The van der Waals surface area contributed by atoms with Crippen molar-refractivity contribution in [1.82, 2.24) is 4.90 Å². The molecular formula is C10H16N2O2. The molecule has 3 atom stereocenters. The zero-order valence-electron chi connectivity index (χ0n) is 8.10. The molecule has 1 heterocycles. The zero-order valence-corrected chi connectivity index (χ0v) is 8.10. The van der Waals surface area contributed by atoms with Gasteiger partial charge in [-0.05, 0) is 12.8 Å². The second kappa shape index (κ2) is 3.71. The maximum absolute atomic E-state index is 11.8. The summed E-state index contributed by atoms with van der Waals surface area (Å²) in [6.45, 7) is 1.16. The minimum absolute atomic E-state index is 0.0245. The molecular weight excluding hydrogens is 180 g/mol. The molecule has 3 N–H and O–H groups in total. The first-order valence-electron chi connectivity index (χ1n) is 5.07. The van der Waals surface area contributed by atoms with Crippen LogP contribution in [0.1, 0.15) is 12.8 Å². The number of nitrogens with two attached hydrogens (primary N) is 1. The van der Waals surface area contributed by atoms with Crippen LogP contribution in [0.2, 0.25) is 0 Å². The van der Waals surface area contributed by atoms with Gasteiger partial charge in [0.25, 0.3) is 0 Å². The molecule has 0 spiro atoms. The lowest BCUT2D eigenvalue weighted by molar-refractivity contribution is -0.133. The number of hydrogen-bond acceptors (Lipinski definition) is 3. The van der Waals surface area contributed by atoms with E-state index in [4.69, 9.17) is 5.73 Å². The van der Waals surface area contributed by atoms with Crippen molar-refractivity contribution in [3.05, 3.63) is 12.2 Å². The first-order chi connectivity index (χ1) is 6.66. The lowest BCUT2D eigenvalue weighted by Gasteiger charge is -2.19. The van der Waals surface area contributed by atoms with Crippen molar-refractivity contribution >= 4 is 5.91 Å². The highest BCUT2D eigenvalue weighted by Gasteiger charge is 2.31. The lowest BCUT2D eigenvalue weighted by Crippen LogP contribution is -2.34. The molecule has 0 aromatic carbocycles. The van der Waals surface area contributed by atoms with E-state index in [9.17, 15) is 9.90 Å². The van der Waals surface area contributed by atoms with E-state index in [1.54, 1.807) is 4.90 Å². The Morgan fingerprint density at radius 3 is 2.79 bits per heavy atom. The van der Waals surface area contributed by atoms with Gasteiger partial charge in [-0.1, -0.05) is 12.2 Å². The topological polar surface area (TPSA) is 66.6 Å². The van der Waals surface area contributed by atoms with E-state index in [0.717, 1.165) is 0 Å². The Bertz CT molecular complexity index is 265. The number of aliphatic hydroxyl groups excluding tert-OH is 1. The fraction of sp³-hybridized carbons (Fsp3) is 0.700. The van der Waals surface area contributed by atoms with E-state index in [2.05, 4.69) is 0 Å². The Hall–Kier alpha value is -0.870. The van der Waals surface area contributed by atoms with E-state index in [1.165, 1.54) is 0 Å². The van der Waals surface area contributed by atoms with Crippen LogP contribution >= 0.6 is 0 Å². The Balaban J connectivity index is 1.93. The van der Waals surface area contributed by atoms with Gasteiger partial charge in [-0.3, -0.25) is 4.79 Å². The van der Waals surface area contributed by atoms with Gasteiger partial charge in [0.1, 0.15) is 0 Å². The largest absolute Gasteiger partial charge is 0.391 e. The predicted molar refractivity (Wildman–Crippen MR) is 52.4 cm³/mol. The number of aliphatic hydroxyl groups is 1. The van der Waals surface area contributed by atoms with Crippen molar-refractivity contribution in [2.75, 3.05) is 13.1 Å². The molecule has 0 aromatic rings. The minimum Gasteiger partial charge on any atom is -0.391 e. The van der Waals surface area contributed by atoms with Gasteiger partial charge in [0.15, 0.2) is 0 Å². The van der Waals surface area contributed by atoms with Crippen LogP contribution in [0, 0.1) is 5.92 Å². The normalized spacial score (nSPS) is 36.7. The summed E-state index contributed by atoms with van der Waals surface area (Å²) in [5.41, 5.74) is 5.68. The van der Waals surface area contributed by atoms with E-state index < -0.39 is 0 Å². The molecule has 1 aliphatic carbocycles. The van der Waals surface area contributed by atoms with Crippen LogP contribution in [0.15, 0.2) is 12.2 Å². The summed E-state index contributed by atoms with van der Waals surface area (Å²) in [6.07, 6.45) is 4.85. The van der Waals surface area contributed by atoms with Gasteiger partial charge < -0.3 is 15.7 Å². The molecule has 2 unspecified atom stereocenters. The highest BCUT2D eigenvalue weighted by atomic mass is 16.3. The van der Waals surface area contributed by atoms with Gasteiger partial charge in [0.05, 0.1) is 12.0 Å². The summed E-state index contributed by atoms with van der Waals surface area (Å²) < 4.78 is 0. The first-order valence-corrected chi connectivity index (χ1v) is 5.07. The number of likely N-dealkylation sites (tertiary alicyclic amines) is 1. The van der Waals surface area contributed by atoms with Gasteiger partial charge in [0.2, 0.25) is 5.91 Å². The molecule has 2 aliphatic rings. The number of amides is 1. The monoisotopic (exact) mass is 196 g/mol. The molecule has 0 bridgehead atoms. The molecule has 1 amide bonds. The van der Waals surface area contributed by atoms with Crippen LogP contribution < -0.4 is 5.73 Å². The average Bonchev–Trinajstić information content (AvgIpc) is 2.73. The Labute approximate surface area is 83.4 Å². The van der Waals surface area contributed by atoms with Crippen LogP contribution in [0.4, 0.5) is 0 Å². The van der Waals surface area contributed by atoms with Crippen molar-refractivity contribution < 1.29 is 9.90 Å². The third-order valence-corrected chi connectivity index (χ3v) is 2.91. The molecule has 14 heavy (non-hydrogen) atoms. The van der Waals surface area contributed by atoms with E-state index in [-0.39, 0.29) is 24.0 Å². The number of nitrogens with zero attached hydrogens (tertiary/aromatic N) is 1. The summed E-state index contributed by atoms with van der Waals surface area (Å²) in [6, 6.07) is 0.0245. The first kappa shape index (κ1) is 9.68. The van der Waals surface area contributed by atoms with Gasteiger partial charge in [0, 0.05) is 19.1 Å². The fourth-order valence-corrected chi connectivity index (χ4v) is 2.09. The van der Waals surface area contributed by atoms with Gasteiger partial charge >= 0.3 is 0 Å². The van der Waals surface area contributed by atoms with Gasteiger partial charge in [-0.2, -0.15) is 0 Å². The molecule has 78 valence electrons. The molecule has 0 saturated carbocycles. The van der Waals surface area contributed by atoms with Crippen molar-refractivity contribution in [3.63, 3.8) is 0 Å². The molecule has 1 aliphatic heterocycles. The lowest BCUT2D eigenvalue weighted by atomic mass is 10.1. The average molecular weight is 196 g/mol. The minimum atomic E-state index is -0.335. The molecule has 1 fully saturated rings. The summed E-state index contributed by atoms with van der Waals surface area (Å²) in [4.78, 5) is 13.6. The van der Waals surface area contributed by atoms with Crippen LogP contribution in [0.25, 0.3) is 0 Å². The molecule has 0 radical (unpaired) electrons. The van der Waals surface area contributed by atoms with E-state index in [1.807, 2.05) is 12.2 Å². The summed E-state index contributed by atoms with van der Waals surface area (Å²) in [5.74, 6) is 0.0565. The number of carbonyl (C=O) groups excluding carboxylic acids is 1. The molecule has 4 nitrogen and oxygen atoms in total. The Kier molecular flexibility index (Phi) is 2.56. The molecule has 4 heteroatoms. The Morgan fingerprint density at radius 2 is 2.29 bits per heavy atom. The highest BCUT2D eigenvalue weighted by molar-refractivity contribution is 5.81. The van der Waals surface area contributed by atoms with Crippen molar-refractivity contribution in [3.8, 4) is 0 Å². The summed E-state index contributed by atoms with van der Waals surface area (Å²) >= 11 is 0. The molecule has 1 saturated heterocycles. The van der Waals surface area contributed by atoms with Crippen molar-refractivity contribution in [2.45, 2.75) is 25.0 Å². The molecule has 0 aromatic heterocycles. The standard InChI is InChI=1S/C10H16N2O2/c11-8-2-1-7(5-8)10(14)12-4-3-9(13)6-12/h1-2,7-9,13H,3-6,11H2/t7?,8?,9-/m1/s1. The fourth-order valence-electron chi connectivity index (χ4n) is 2.09. The highest BCUT2D eigenvalue weighted by Crippen LogP contribution is 2.21. The van der Waals surface area contributed by atoms with E-state index in [0.29, 0.717) is 25.9 Å². The number of rotatable bonds is 1. The van der Waals surface area contributed by atoms with Crippen LogP contribution in [-0.2, 0) is 4.79 Å². The van der Waals surface area contributed by atoms with Crippen LogP contribution in [0.3, 0.4) is 0 Å². The quantitative estimate of drug-likeness (QED) is 0.555.